The summed E-state index contributed by atoms with van der Waals surface area (Å²) in [5, 5.41) is 1.12. The van der Waals surface area contributed by atoms with Crippen LogP contribution in [0.5, 0.6) is 0 Å². The predicted octanol–water partition coefficient (Wildman–Crippen LogP) is 3.36. The fourth-order valence-electron chi connectivity index (χ4n) is 2.33. The molecule has 22 heavy (non-hydrogen) atoms. The van der Waals surface area contributed by atoms with Gasteiger partial charge in [-0.25, -0.2) is 4.98 Å². The Balaban J connectivity index is 2.08. The number of hydrogen-bond donors (Lipinski definition) is 1. The summed E-state index contributed by atoms with van der Waals surface area (Å²) in [5.41, 5.74) is 8.40. The Morgan fingerprint density at radius 1 is 1.36 bits per heavy atom. The van der Waals surface area contributed by atoms with Gasteiger partial charge >= 0.3 is 0 Å². The molecule has 0 radical (unpaired) electrons. The molecule has 2 rings (SSSR count). The van der Waals surface area contributed by atoms with Crippen LogP contribution in [0.2, 0.25) is 0 Å². The van der Waals surface area contributed by atoms with E-state index in [1.54, 1.807) is 16.2 Å². The number of thiazole rings is 1. The molecule has 0 saturated heterocycles. The highest BCUT2D eigenvalue weighted by Crippen LogP contribution is 2.29. The molecule has 118 valence electrons. The average Bonchev–Trinajstić information content (AvgIpc) is 2.89. The number of aryl methyl sites for hydroxylation is 2. The number of hydrogen-bond acceptors (Lipinski definition) is 4. The third-order valence-corrected chi connectivity index (χ3v) is 5.34. The Bertz CT molecular complexity index is 648. The maximum absolute atomic E-state index is 12.5. The predicted molar refractivity (Wildman–Crippen MR) is 92.0 cm³/mol. The lowest BCUT2D eigenvalue weighted by atomic mass is 10.1. The molecule has 1 unspecified atom stereocenters. The number of nitrogens with zero attached hydrogens (tertiary/aromatic N) is 2. The minimum atomic E-state index is 0.0408. The lowest BCUT2D eigenvalue weighted by molar-refractivity contribution is -0.131. The Labute approximate surface area is 136 Å². The third-order valence-electron chi connectivity index (χ3n) is 3.87. The van der Waals surface area contributed by atoms with Gasteiger partial charge in [-0.05, 0) is 38.0 Å². The minimum Gasteiger partial charge on any atom is -0.399 e. The van der Waals surface area contributed by atoms with E-state index < -0.39 is 0 Å². The van der Waals surface area contributed by atoms with E-state index in [0.29, 0.717) is 12.1 Å². The molecule has 1 atom stereocenters. The van der Waals surface area contributed by atoms with Crippen LogP contribution in [0.4, 0.5) is 5.69 Å². The van der Waals surface area contributed by atoms with E-state index in [9.17, 15) is 4.79 Å². The molecule has 1 heterocycles. The first kappa shape index (κ1) is 16.5. The summed E-state index contributed by atoms with van der Waals surface area (Å²) < 4.78 is 0. The molecule has 0 aliphatic carbocycles. The van der Waals surface area contributed by atoms with Crippen molar-refractivity contribution in [1.29, 1.82) is 0 Å². The first-order valence-electron chi connectivity index (χ1n) is 7.48. The molecule has 0 fully saturated rings. The molecule has 2 aromatic rings. The van der Waals surface area contributed by atoms with Crippen molar-refractivity contribution >= 4 is 22.9 Å². The van der Waals surface area contributed by atoms with Gasteiger partial charge in [-0.2, -0.15) is 0 Å². The molecule has 0 saturated carbocycles. The fourth-order valence-corrected chi connectivity index (χ4v) is 3.43. The van der Waals surface area contributed by atoms with Crippen molar-refractivity contribution in [2.24, 2.45) is 0 Å². The first-order chi connectivity index (χ1) is 10.4. The van der Waals surface area contributed by atoms with Crippen LogP contribution in [0, 0.1) is 6.92 Å². The lowest BCUT2D eigenvalue weighted by Gasteiger charge is -2.24. The van der Waals surface area contributed by atoms with Crippen LogP contribution < -0.4 is 5.73 Å². The molecule has 1 aromatic carbocycles. The summed E-state index contributed by atoms with van der Waals surface area (Å²) in [6, 6.07) is 7.50. The van der Waals surface area contributed by atoms with E-state index in [-0.39, 0.29) is 11.9 Å². The van der Waals surface area contributed by atoms with Gasteiger partial charge in [-0.1, -0.05) is 19.1 Å². The number of carbonyl (C=O) groups excluding carboxylic acids is 1. The Morgan fingerprint density at radius 3 is 2.55 bits per heavy atom. The zero-order valence-corrected chi connectivity index (χ0v) is 14.4. The maximum Gasteiger partial charge on any atom is 0.227 e. The highest BCUT2D eigenvalue weighted by Gasteiger charge is 2.21. The number of nitrogen functional groups attached to an aromatic ring is 1. The summed E-state index contributed by atoms with van der Waals surface area (Å²) >= 11 is 1.70. The van der Waals surface area contributed by atoms with Crippen LogP contribution in [0.1, 0.15) is 41.0 Å². The molecule has 1 aromatic heterocycles. The van der Waals surface area contributed by atoms with Gasteiger partial charge in [0.05, 0.1) is 23.2 Å². The Hall–Kier alpha value is -1.88. The Kier molecular flexibility index (Phi) is 5.19. The van der Waals surface area contributed by atoms with Crippen molar-refractivity contribution < 1.29 is 4.79 Å². The van der Waals surface area contributed by atoms with Crippen molar-refractivity contribution in [3.8, 4) is 0 Å². The highest BCUT2D eigenvalue weighted by atomic mass is 32.1. The third kappa shape index (κ3) is 3.65. The van der Waals surface area contributed by atoms with Crippen LogP contribution >= 0.6 is 11.3 Å². The summed E-state index contributed by atoms with van der Waals surface area (Å²) in [7, 11) is 1.86. The fraction of sp³-hybridized carbons (Fsp3) is 0.412. The van der Waals surface area contributed by atoms with Gasteiger partial charge in [0.25, 0.3) is 0 Å². The highest BCUT2D eigenvalue weighted by molar-refractivity contribution is 7.11. The number of likely N-dealkylation sites (N-methyl/N-ethyl adjacent to an activating group) is 1. The van der Waals surface area contributed by atoms with E-state index in [1.807, 2.05) is 38.2 Å². The van der Waals surface area contributed by atoms with Crippen molar-refractivity contribution in [1.82, 2.24) is 9.88 Å². The number of aromatic nitrogens is 1. The standard InChI is InChI=1S/C17H23N3OS/c1-5-15-19-11(2)17(22-15)12(3)20(4)16(21)10-13-6-8-14(18)9-7-13/h6-9,12H,5,10,18H2,1-4H3. The van der Waals surface area contributed by atoms with Crippen LogP contribution in [0.3, 0.4) is 0 Å². The van der Waals surface area contributed by atoms with Gasteiger partial charge in [0.1, 0.15) is 0 Å². The van der Waals surface area contributed by atoms with E-state index in [0.717, 1.165) is 22.7 Å². The van der Waals surface area contributed by atoms with Crippen molar-refractivity contribution in [2.75, 3.05) is 12.8 Å². The second kappa shape index (κ2) is 6.92. The quantitative estimate of drug-likeness (QED) is 0.860. The van der Waals surface area contributed by atoms with Crippen LogP contribution in [0.25, 0.3) is 0 Å². The molecule has 0 bridgehead atoms. The molecular weight excluding hydrogens is 294 g/mol. The van der Waals surface area contributed by atoms with Crippen LogP contribution in [-0.2, 0) is 17.6 Å². The smallest absolute Gasteiger partial charge is 0.227 e. The Morgan fingerprint density at radius 2 is 2.00 bits per heavy atom. The molecule has 5 heteroatoms. The molecule has 1 amide bonds. The van der Waals surface area contributed by atoms with Gasteiger partial charge in [-0.15, -0.1) is 11.3 Å². The van der Waals surface area contributed by atoms with Crippen molar-refractivity contribution in [2.45, 2.75) is 39.7 Å². The molecule has 0 spiro atoms. The molecule has 4 nitrogen and oxygen atoms in total. The van der Waals surface area contributed by atoms with Gasteiger partial charge in [-0.3, -0.25) is 4.79 Å². The number of anilines is 1. The van der Waals surface area contributed by atoms with Crippen molar-refractivity contribution in [3.05, 3.63) is 45.4 Å². The second-order valence-corrected chi connectivity index (χ2v) is 6.62. The van der Waals surface area contributed by atoms with Gasteiger partial charge in [0.2, 0.25) is 5.91 Å². The minimum absolute atomic E-state index is 0.0408. The van der Waals surface area contributed by atoms with E-state index >= 15 is 0 Å². The zero-order chi connectivity index (χ0) is 16.3. The summed E-state index contributed by atoms with van der Waals surface area (Å²) in [6.07, 6.45) is 1.32. The number of rotatable bonds is 5. The SMILES string of the molecule is CCc1nc(C)c(C(C)N(C)C(=O)Cc2ccc(N)cc2)s1. The first-order valence-corrected chi connectivity index (χ1v) is 8.30. The van der Waals surface area contributed by atoms with Gasteiger partial charge < -0.3 is 10.6 Å². The topological polar surface area (TPSA) is 59.2 Å². The average molecular weight is 317 g/mol. The van der Waals surface area contributed by atoms with Gasteiger partial charge in [0.15, 0.2) is 0 Å². The molecule has 0 aliphatic heterocycles. The van der Waals surface area contributed by atoms with Crippen LogP contribution in [-0.4, -0.2) is 22.8 Å². The van der Waals surface area contributed by atoms with Crippen LogP contribution in [0.15, 0.2) is 24.3 Å². The summed E-state index contributed by atoms with van der Waals surface area (Å²) in [5.74, 6) is 0.100. The number of carbonyl (C=O) groups is 1. The van der Waals surface area contributed by atoms with Crippen molar-refractivity contribution in [3.63, 3.8) is 0 Å². The van der Waals surface area contributed by atoms with E-state index in [2.05, 4.69) is 18.8 Å². The second-order valence-electron chi connectivity index (χ2n) is 5.51. The normalized spacial score (nSPS) is 12.2. The number of amides is 1. The van der Waals surface area contributed by atoms with Gasteiger partial charge in [0, 0.05) is 17.6 Å². The number of benzene rings is 1. The summed E-state index contributed by atoms with van der Waals surface area (Å²) in [4.78, 5) is 20.0. The van der Waals surface area contributed by atoms with E-state index in [4.69, 9.17) is 5.73 Å². The molecule has 0 aliphatic rings. The molecule has 2 N–H and O–H groups in total. The zero-order valence-electron chi connectivity index (χ0n) is 13.6. The lowest BCUT2D eigenvalue weighted by Crippen LogP contribution is -2.30. The molecular formula is C17H23N3OS. The van der Waals surface area contributed by atoms with E-state index in [1.165, 1.54) is 4.88 Å². The number of nitrogens with two attached hydrogens (primary N) is 1. The monoisotopic (exact) mass is 317 g/mol. The largest absolute Gasteiger partial charge is 0.399 e. The summed E-state index contributed by atoms with van der Waals surface area (Å²) in [6.45, 7) is 6.17. The maximum atomic E-state index is 12.5.